The van der Waals surface area contributed by atoms with Gasteiger partial charge in [-0.15, -0.1) is 12.4 Å². The summed E-state index contributed by atoms with van der Waals surface area (Å²) in [6, 6.07) is 6.11. The minimum absolute atomic E-state index is 0. The van der Waals surface area contributed by atoms with Crippen LogP contribution in [0, 0.1) is 10.1 Å². The molecule has 0 aromatic heterocycles. The maximum Gasteiger partial charge on any atom is 0.269 e. The van der Waals surface area contributed by atoms with Crippen molar-refractivity contribution >= 4 is 18.1 Å². The zero-order valence-electron chi connectivity index (χ0n) is 8.13. The van der Waals surface area contributed by atoms with Crippen molar-refractivity contribution in [3.05, 3.63) is 39.9 Å². The van der Waals surface area contributed by atoms with Gasteiger partial charge in [0.2, 0.25) is 0 Å². The fourth-order valence-electron chi connectivity index (χ4n) is 1.22. The Morgan fingerprint density at radius 3 is 2.67 bits per heavy atom. The van der Waals surface area contributed by atoms with Gasteiger partial charge in [0.1, 0.15) is 0 Å². The van der Waals surface area contributed by atoms with Gasteiger partial charge >= 0.3 is 0 Å². The summed E-state index contributed by atoms with van der Waals surface area (Å²) in [6.45, 7) is 0.476. The van der Waals surface area contributed by atoms with Gasteiger partial charge in [0.15, 0.2) is 0 Å². The fourth-order valence-corrected chi connectivity index (χ4v) is 1.22. The average Bonchev–Trinajstić information content (AvgIpc) is 2.18. The van der Waals surface area contributed by atoms with Crippen LogP contribution in [-0.2, 0) is 0 Å². The Morgan fingerprint density at radius 1 is 1.47 bits per heavy atom. The molecule has 1 aromatic carbocycles. The van der Waals surface area contributed by atoms with Crippen LogP contribution in [0.25, 0.3) is 0 Å². The fraction of sp³-hybridized carbons (Fsp3) is 0.333. The number of non-ortho nitro benzene ring substituents is 1. The van der Waals surface area contributed by atoms with Gasteiger partial charge in [-0.2, -0.15) is 0 Å². The molecule has 0 saturated carbocycles. The van der Waals surface area contributed by atoms with E-state index in [4.69, 9.17) is 11.5 Å². The number of benzene rings is 1. The van der Waals surface area contributed by atoms with Crippen LogP contribution >= 0.6 is 12.4 Å². The maximum absolute atomic E-state index is 10.5. The summed E-state index contributed by atoms with van der Waals surface area (Å²) in [5.41, 5.74) is 11.9. The third-order valence-corrected chi connectivity index (χ3v) is 1.99. The Balaban J connectivity index is 0.00000196. The first-order chi connectivity index (χ1) is 6.65. The SMILES string of the molecule is Cl.NCC[C@@H](N)c1cccc([N+](=O)[O-])c1. The van der Waals surface area contributed by atoms with E-state index >= 15 is 0 Å². The number of nitrogens with zero attached hydrogens (tertiary/aromatic N) is 1. The van der Waals surface area contributed by atoms with Crippen molar-refractivity contribution in [2.24, 2.45) is 11.5 Å². The Kier molecular flexibility index (Phi) is 5.84. The molecule has 0 spiro atoms. The van der Waals surface area contributed by atoms with Crippen molar-refractivity contribution < 1.29 is 4.92 Å². The molecule has 84 valence electrons. The summed E-state index contributed by atoms with van der Waals surface area (Å²) >= 11 is 0. The predicted octanol–water partition coefficient (Wildman–Crippen LogP) is 1.37. The van der Waals surface area contributed by atoms with Gasteiger partial charge in [0, 0.05) is 18.2 Å². The Labute approximate surface area is 94.0 Å². The summed E-state index contributed by atoms with van der Waals surface area (Å²) in [5, 5.41) is 10.5. The first-order valence-corrected chi connectivity index (χ1v) is 4.35. The second-order valence-electron chi connectivity index (χ2n) is 3.04. The van der Waals surface area contributed by atoms with Crippen molar-refractivity contribution in [1.82, 2.24) is 0 Å². The van der Waals surface area contributed by atoms with E-state index in [2.05, 4.69) is 0 Å². The van der Waals surface area contributed by atoms with Gasteiger partial charge in [0.25, 0.3) is 5.69 Å². The molecule has 0 unspecified atom stereocenters. The van der Waals surface area contributed by atoms with Crippen molar-refractivity contribution in [2.45, 2.75) is 12.5 Å². The van der Waals surface area contributed by atoms with Crippen molar-refractivity contribution in [1.29, 1.82) is 0 Å². The van der Waals surface area contributed by atoms with Crippen LogP contribution in [0.2, 0.25) is 0 Å². The molecular weight excluding hydrogens is 218 g/mol. The van der Waals surface area contributed by atoms with Gasteiger partial charge in [0.05, 0.1) is 4.92 Å². The van der Waals surface area contributed by atoms with Crippen molar-refractivity contribution in [3.63, 3.8) is 0 Å². The van der Waals surface area contributed by atoms with E-state index in [9.17, 15) is 10.1 Å². The highest BCUT2D eigenvalue weighted by molar-refractivity contribution is 5.85. The third-order valence-electron chi connectivity index (χ3n) is 1.99. The molecule has 4 N–H and O–H groups in total. The van der Waals surface area contributed by atoms with E-state index in [1.807, 2.05) is 0 Å². The normalized spacial score (nSPS) is 11.6. The molecule has 0 amide bonds. The molecule has 0 aliphatic rings. The van der Waals surface area contributed by atoms with Crippen LogP contribution in [0.15, 0.2) is 24.3 Å². The number of nitro benzene ring substituents is 1. The first-order valence-electron chi connectivity index (χ1n) is 4.35. The highest BCUT2D eigenvalue weighted by Gasteiger charge is 2.10. The summed E-state index contributed by atoms with van der Waals surface area (Å²) < 4.78 is 0. The molecule has 0 saturated heterocycles. The number of nitrogens with two attached hydrogens (primary N) is 2. The lowest BCUT2D eigenvalue weighted by atomic mass is 10.0. The van der Waals surface area contributed by atoms with E-state index in [-0.39, 0.29) is 24.1 Å². The van der Waals surface area contributed by atoms with Gasteiger partial charge < -0.3 is 11.5 Å². The van der Waals surface area contributed by atoms with Gasteiger partial charge in [-0.05, 0) is 18.5 Å². The maximum atomic E-state index is 10.5. The minimum Gasteiger partial charge on any atom is -0.330 e. The number of hydrogen-bond donors (Lipinski definition) is 2. The van der Waals surface area contributed by atoms with E-state index in [1.54, 1.807) is 12.1 Å². The topological polar surface area (TPSA) is 95.2 Å². The minimum atomic E-state index is -0.432. The molecule has 6 heteroatoms. The summed E-state index contributed by atoms with van der Waals surface area (Å²) in [4.78, 5) is 10.0. The summed E-state index contributed by atoms with van der Waals surface area (Å²) in [5.74, 6) is 0. The lowest BCUT2D eigenvalue weighted by molar-refractivity contribution is -0.384. The predicted molar refractivity (Wildman–Crippen MR) is 60.9 cm³/mol. The van der Waals surface area contributed by atoms with Crippen LogP contribution in [0.5, 0.6) is 0 Å². The number of rotatable bonds is 4. The van der Waals surface area contributed by atoms with E-state index in [0.29, 0.717) is 13.0 Å². The standard InChI is InChI=1S/C9H13N3O2.ClH/c10-5-4-9(11)7-2-1-3-8(6-7)12(13)14;/h1-3,6,9H,4-5,10-11H2;1H/t9-;/m1./s1. The van der Waals surface area contributed by atoms with E-state index < -0.39 is 4.92 Å². The summed E-state index contributed by atoms with van der Waals surface area (Å²) in [6.07, 6.45) is 0.626. The van der Waals surface area contributed by atoms with Crippen molar-refractivity contribution in [2.75, 3.05) is 6.54 Å². The van der Waals surface area contributed by atoms with Crippen LogP contribution < -0.4 is 11.5 Å². The van der Waals surface area contributed by atoms with Gasteiger partial charge in [-0.3, -0.25) is 10.1 Å². The third kappa shape index (κ3) is 3.83. The smallest absolute Gasteiger partial charge is 0.269 e. The van der Waals surface area contributed by atoms with Gasteiger partial charge in [-0.1, -0.05) is 12.1 Å². The van der Waals surface area contributed by atoms with E-state index in [0.717, 1.165) is 5.56 Å². The summed E-state index contributed by atoms with van der Waals surface area (Å²) in [7, 11) is 0. The second kappa shape index (κ2) is 6.34. The van der Waals surface area contributed by atoms with E-state index in [1.165, 1.54) is 12.1 Å². The molecule has 1 atom stereocenters. The lowest BCUT2D eigenvalue weighted by Crippen LogP contribution is -2.15. The molecule has 0 fully saturated rings. The second-order valence-corrected chi connectivity index (χ2v) is 3.04. The molecular formula is C9H14ClN3O2. The highest BCUT2D eigenvalue weighted by atomic mass is 35.5. The molecule has 0 aliphatic carbocycles. The molecule has 0 aliphatic heterocycles. The molecule has 5 nitrogen and oxygen atoms in total. The van der Waals surface area contributed by atoms with Crippen LogP contribution in [0.1, 0.15) is 18.0 Å². The van der Waals surface area contributed by atoms with Crippen LogP contribution in [-0.4, -0.2) is 11.5 Å². The largest absolute Gasteiger partial charge is 0.330 e. The molecule has 15 heavy (non-hydrogen) atoms. The Hall–Kier alpha value is -1.17. The number of nitro groups is 1. The van der Waals surface area contributed by atoms with Gasteiger partial charge in [-0.25, -0.2) is 0 Å². The lowest BCUT2D eigenvalue weighted by Gasteiger charge is -2.09. The van der Waals surface area contributed by atoms with Crippen molar-refractivity contribution in [3.8, 4) is 0 Å². The monoisotopic (exact) mass is 231 g/mol. The number of halogens is 1. The first kappa shape index (κ1) is 13.8. The number of hydrogen-bond acceptors (Lipinski definition) is 4. The highest BCUT2D eigenvalue weighted by Crippen LogP contribution is 2.19. The molecule has 0 bridgehead atoms. The molecule has 0 heterocycles. The Morgan fingerprint density at radius 2 is 2.13 bits per heavy atom. The zero-order chi connectivity index (χ0) is 10.6. The molecule has 0 radical (unpaired) electrons. The zero-order valence-corrected chi connectivity index (χ0v) is 8.94. The molecule has 1 aromatic rings. The quantitative estimate of drug-likeness (QED) is 0.604. The average molecular weight is 232 g/mol. The van der Waals surface area contributed by atoms with Crippen LogP contribution in [0.4, 0.5) is 5.69 Å². The van der Waals surface area contributed by atoms with Crippen LogP contribution in [0.3, 0.4) is 0 Å². The molecule has 1 rings (SSSR count). The Bertz CT molecular complexity index is 333.